The van der Waals surface area contributed by atoms with Crippen molar-refractivity contribution < 1.29 is 18.7 Å². The molecular formula is C34H37FN8O3S2. The summed E-state index contributed by atoms with van der Waals surface area (Å²) in [6.07, 6.45) is 2.85. The minimum atomic E-state index is -0.492. The molecule has 1 N–H and O–H groups in total. The zero-order valence-electron chi connectivity index (χ0n) is 27.2. The summed E-state index contributed by atoms with van der Waals surface area (Å²) in [5.74, 6) is 0.774. The summed E-state index contributed by atoms with van der Waals surface area (Å²) in [6.45, 7) is 6.68. The molecule has 250 valence electrons. The minimum absolute atomic E-state index is 0.224. The second kappa shape index (κ2) is 14.0. The number of anilines is 5. The highest BCUT2D eigenvalue weighted by atomic mass is 32.1. The van der Waals surface area contributed by atoms with Crippen LogP contribution in [0.2, 0.25) is 0 Å². The molecule has 3 aromatic heterocycles. The zero-order valence-corrected chi connectivity index (χ0v) is 28.8. The molecule has 2 aliphatic rings. The number of methoxy groups -OCH3 is 1. The van der Waals surface area contributed by atoms with E-state index in [2.05, 4.69) is 37.3 Å². The van der Waals surface area contributed by atoms with Gasteiger partial charge in [-0.15, -0.1) is 21.5 Å². The number of aryl methyl sites for hydroxylation is 1. The Morgan fingerprint density at radius 2 is 1.88 bits per heavy atom. The van der Waals surface area contributed by atoms with Crippen LogP contribution in [0.25, 0.3) is 10.2 Å². The minimum Gasteiger partial charge on any atom is -0.491 e. The highest BCUT2D eigenvalue weighted by Gasteiger charge is 2.29. The molecule has 0 amide bonds. The summed E-state index contributed by atoms with van der Waals surface area (Å²) in [6, 6.07) is 13.2. The molecule has 0 unspecified atom stereocenters. The van der Waals surface area contributed by atoms with Crippen molar-refractivity contribution in [2.24, 2.45) is 0 Å². The van der Waals surface area contributed by atoms with Crippen molar-refractivity contribution in [3.8, 4) is 5.75 Å². The van der Waals surface area contributed by atoms with Crippen LogP contribution in [-0.4, -0.2) is 84.5 Å². The van der Waals surface area contributed by atoms with Crippen LogP contribution in [0, 0.1) is 12.7 Å². The van der Waals surface area contributed by atoms with Crippen LogP contribution in [0.1, 0.15) is 39.3 Å². The van der Waals surface area contributed by atoms with E-state index in [0.29, 0.717) is 36.9 Å². The van der Waals surface area contributed by atoms with Gasteiger partial charge < -0.3 is 29.5 Å². The molecule has 11 nitrogen and oxygen atoms in total. The van der Waals surface area contributed by atoms with Gasteiger partial charge in [0.25, 0.3) is 0 Å². The van der Waals surface area contributed by atoms with Crippen molar-refractivity contribution >= 4 is 66.4 Å². The number of ether oxygens (including phenoxy) is 2. The quantitative estimate of drug-likeness (QED) is 0.131. The zero-order chi connectivity index (χ0) is 33.2. The summed E-state index contributed by atoms with van der Waals surface area (Å²) in [4.78, 5) is 29.5. The normalized spacial score (nSPS) is 15.1. The number of piperazine rings is 1. The maximum absolute atomic E-state index is 14.9. The lowest BCUT2D eigenvalue weighted by atomic mass is 10.0. The average molecular weight is 689 g/mol. The molecule has 2 aromatic carbocycles. The molecule has 0 aliphatic carbocycles. The molecule has 0 radical (unpaired) electrons. The second-order valence-electron chi connectivity index (χ2n) is 12.0. The van der Waals surface area contributed by atoms with Crippen LogP contribution in [-0.2, 0) is 17.6 Å². The van der Waals surface area contributed by atoms with Crippen LogP contribution in [0.15, 0.2) is 42.5 Å². The maximum Gasteiger partial charge on any atom is 0.357 e. The third kappa shape index (κ3) is 6.64. The summed E-state index contributed by atoms with van der Waals surface area (Å²) in [7, 11) is 3.45. The largest absolute Gasteiger partial charge is 0.491 e. The number of benzene rings is 2. The van der Waals surface area contributed by atoms with E-state index >= 15 is 0 Å². The molecule has 1 fully saturated rings. The summed E-state index contributed by atoms with van der Waals surface area (Å²) in [5.41, 5.74) is 4.19. The first-order chi connectivity index (χ1) is 23.4. The highest BCUT2D eigenvalue weighted by molar-refractivity contribution is 7.22. The number of nitrogens with zero attached hydrogens (tertiary/aromatic N) is 7. The number of fused-ring (bicyclic) bond motifs is 2. The van der Waals surface area contributed by atoms with Gasteiger partial charge in [0, 0.05) is 60.5 Å². The monoisotopic (exact) mass is 688 g/mol. The Bertz CT molecular complexity index is 1910. The van der Waals surface area contributed by atoms with E-state index in [-0.39, 0.29) is 17.3 Å². The van der Waals surface area contributed by atoms with Crippen LogP contribution in [0.4, 0.5) is 32.0 Å². The van der Waals surface area contributed by atoms with Gasteiger partial charge in [0.15, 0.2) is 39.2 Å². The van der Waals surface area contributed by atoms with Gasteiger partial charge in [-0.25, -0.2) is 19.2 Å². The van der Waals surface area contributed by atoms with Crippen molar-refractivity contribution in [2.75, 3.05) is 68.6 Å². The van der Waals surface area contributed by atoms with E-state index in [0.717, 1.165) is 81.9 Å². The predicted octanol–water partition coefficient (Wildman–Crippen LogP) is 6.37. The van der Waals surface area contributed by atoms with E-state index < -0.39 is 5.97 Å². The van der Waals surface area contributed by atoms with Gasteiger partial charge in [-0.2, -0.15) is 0 Å². The SMILES string of the molecule is COC(=O)c1nc(N2CCCc3c2nnc(Nc2nc4ccccc4s2)c3C)sc1CCCOc1ccc(N2CCN(C)CC2)cc1F. The molecule has 48 heavy (non-hydrogen) atoms. The van der Waals surface area contributed by atoms with Gasteiger partial charge in [-0.1, -0.05) is 23.5 Å². The lowest BCUT2D eigenvalue weighted by Crippen LogP contribution is -2.44. The number of carbonyl (C=O) groups is 1. The number of hydrogen-bond acceptors (Lipinski definition) is 13. The molecule has 1 saturated heterocycles. The van der Waals surface area contributed by atoms with E-state index in [4.69, 9.17) is 14.5 Å². The molecule has 2 aliphatic heterocycles. The number of esters is 1. The molecule has 7 rings (SSSR count). The smallest absolute Gasteiger partial charge is 0.357 e. The maximum atomic E-state index is 14.9. The fourth-order valence-corrected chi connectivity index (χ4v) is 8.06. The summed E-state index contributed by atoms with van der Waals surface area (Å²) >= 11 is 3.01. The Morgan fingerprint density at radius 1 is 1.04 bits per heavy atom. The Balaban J connectivity index is 1.03. The molecule has 0 bridgehead atoms. The highest BCUT2D eigenvalue weighted by Crippen LogP contribution is 2.39. The summed E-state index contributed by atoms with van der Waals surface area (Å²) in [5, 5.41) is 14.0. The first-order valence-corrected chi connectivity index (χ1v) is 17.7. The number of para-hydroxylation sites is 1. The van der Waals surface area contributed by atoms with Crippen molar-refractivity contribution in [3.05, 3.63) is 70.0 Å². The molecule has 14 heteroatoms. The lowest BCUT2D eigenvalue weighted by Gasteiger charge is -2.34. The fourth-order valence-electron chi connectivity index (χ4n) is 6.07. The number of likely N-dealkylation sites (N-methyl/N-ethyl adjacent to an activating group) is 1. The van der Waals surface area contributed by atoms with E-state index in [1.165, 1.54) is 18.4 Å². The first kappa shape index (κ1) is 32.2. The van der Waals surface area contributed by atoms with Crippen molar-refractivity contribution in [2.45, 2.75) is 32.6 Å². The van der Waals surface area contributed by atoms with E-state index in [9.17, 15) is 9.18 Å². The topological polar surface area (TPSA) is 109 Å². The Hall–Kier alpha value is -4.40. The second-order valence-corrected chi connectivity index (χ2v) is 14.1. The van der Waals surface area contributed by atoms with Crippen molar-refractivity contribution in [3.63, 3.8) is 0 Å². The van der Waals surface area contributed by atoms with Crippen LogP contribution >= 0.6 is 22.7 Å². The molecule has 0 spiro atoms. The molecule has 0 saturated carbocycles. The average Bonchev–Trinajstić information content (AvgIpc) is 3.72. The van der Waals surface area contributed by atoms with Gasteiger partial charge in [-0.05, 0) is 63.9 Å². The molecule has 5 aromatic rings. The van der Waals surface area contributed by atoms with Crippen molar-refractivity contribution in [1.82, 2.24) is 25.1 Å². The predicted molar refractivity (Wildman–Crippen MR) is 188 cm³/mol. The number of carbonyl (C=O) groups excluding carboxylic acids is 1. The third-order valence-electron chi connectivity index (χ3n) is 8.79. The first-order valence-electron chi connectivity index (χ1n) is 16.1. The van der Waals surface area contributed by atoms with Gasteiger partial charge in [0.05, 0.1) is 23.9 Å². The number of nitrogens with one attached hydrogen (secondary N) is 1. The van der Waals surface area contributed by atoms with Crippen LogP contribution < -0.4 is 19.9 Å². The van der Waals surface area contributed by atoms with Crippen LogP contribution in [0.3, 0.4) is 0 Å². The van der Waals surface area contributed by atoms with E-state index in [1.54, 1.807) is 23.5 Å². The molecule has 5 heterocycles. The Morgan fingerprint density at radius 3 is 2.67 bits per heavy atom. The number of rotatable bonds is 10. The number of thiazole rings is 2. The lowest BCUT2D eigenvalue weighted by molar-refractivity contribution is 0.0593. The van der Waals surface area contributed by atoms with Crippen LogP contribution in [0.5, 0.6) is 5.75 Å². The van der Waals surface area contributed by atoms with E-state index in [1.807, 2.05) is 42.2 Å². The van der Waals surface area contributed by atoms with Gasteiger partial charge >= 0.3 is 5.97 Å². The number of hydrogen-bond donors (Lipinski definition) is 1. The van der Waals surface area contributed by atoms with Gasteiger partial charge in [0.2, 0.25) is 0 Å². The third-order valence-corrected chi connectivity index (χ3v) is 10.9. The summed E-state index contributed by atoms with van der Waals surface area (Å²) < 4.78 is 26.9. The number of aromatic nitrogens is 4. The standard InChI is InChI=1S/C34H37FN8O3S2/c1-21-23-8-6-14-43(31(23)40-39-30(21)38-33-36-25-9-4-5-10-27(25)47-33)34-37-29(32(44)45-3)28(48-34)11-7-19-46-26-13-12-22(20-24(26)35)42-17-15-41(2)16-18-42/h4-5,9-10,12-13,20H,6-8,11,14-19H2,1-3H3,(H,36,38,39). The molecular weight excluding hydrogens is 652 g/mol. The van der Waals surface area contributed by atoms with Gasteiger partial charge in [-0.3, -0.25) is 0 Å². The number of halogens is 1. The van der Waals surface area contributed by atoms with Gasteiger partial charge in [0.1, 0.15) is 0 Å². The van der Waals surface area contributed by atoms with Crippen molar-refractivity contribution in [1.29, 1.82) is 0 Å². The Kier molecular flexibility index (Phi) is 9.37. The fraction of sp³-hybridized carbons (Fsp3) is 0.382. The molecule has 0 atom stereocenters. The Labute approximate surface area is 286 Å².